The van der Waals surface area contributed by atoms with Gasteiger partial charge in [0.15, 0.2) is 17.3 Å². The second-order valence-electron chi connectivity index (χ2n) is 4.85. The lowest BCUT2D eigenvalue weighted by Crippen LogP contribution is -2.18. The van der Waals surface area contributed by atoms with E-state index in [-0.39, 0.29) is 5.78 Å². The smallest absolute Gasteiger partial charge is 0.172 e. The number of hydrogen-bond donors (Lipinski definition) is 0. The molecule has 1 aromatic carbocycles. The van der Waals surface area contributed by atoms with Crippen LogP contribution in [-0.4, -0.2) is 19.0 Å². The number of ether oxygens (including phenoxy) is 2. The van der Waals surface area contributed by atoms with Crippen LogP contribution in [0, 0.1) is 5.92 Å². The Morgan fingerprint density at radius 2 is 2.11 bits per heavy atom. The van der Waals surface area contributed by atoms with Crippen LogP contribution < -0.4 is 9.47 Å². The molecular formula is C15H20O3. The third-order valence-electron chi connectivity index (χ3n) is 3.18. The minimum absolute atomic E-state index is 0.151. The highest BCUT2D eigenvalue weighted by atomic mass is 16.6. The average Bonchev–Trinajstić information content (AvgIpc) is 2.38. The zero-order chi connectivity index (χ0) is 13.0. The number of para-hydroxylation sites is 1. The molecule has 0 aromatic heterocycles. The van der Waals surface area contributed by atoms with Crippen molar-refractivity contribution in [3.8, 4) is 11.5 Å². The van der Waals surface area contributed by atoms with E-state index < -0.39 is 0 Å². The highest BCUT2D eigenvalue weighted by Crippen LogP contribution is 2.34. The Balaban J connectivity index is 2.15. The van der Waals surface area contributed by atoms with E-state index in [4.69, 9.17) is 9.47 Å². The Bertz CT molecular complexity index is 426. The number of fused-ring (bicyclic) bond motifs is 1. The number of carbonyl (C=O) groups excluding carboxylic acids is 1. The summed E-state index contributed by atoms with van der Waals surface area (Å²) in [6.07, 6.45) is 2.77. The van der Waals surface area contributed by atoms with Gasteiger partial charge in [0.2, 0.25) is 0 Å². The molecule has 0 N–H and O–H groups in total. The van der Waals surface area contributed by atoms with Crippen LogP contribution in [0.5, 0.6) is 11.5 Å². The SMILES string of the molecule is CCCC(C)CC(=O)c1cccc2c1OCCO2. The van der Waals surface area contributed by atoms with Gasteiger partial charge >= 0.3 is 0 Å². The molecule has 1 atom stereocenters. The molecule has 0 aliphatic carbocycles. The first-order chi connectivity index (χ1) is 8.72. The van der Waals surface area contributed by atoms with Crippen LogP contribution in [0.1, 0.15) is 43.5 Å². The zero-order valence-corrected chi connectivity index (χ0v) is 11.1. The van der Waals surface area contributed by atoms with E-state index in [1.54, 1.807) is 0 Å². The summed E-state index contributed by atoms with van der Waals surface area (Å²) >= 11 is 0. The summed E-state index contributed by atoms with van der Waals surface area (Å²) in [5.41, 5.74) is 0.662. The van der Waals surface area contributed by atoms with Gasteiger partial charge in [0.05, 0.1) is 5.56 Å². The first kappa shape index (κ1) is 12.9. The number of ketones is 1. The molecule has 1 unspecified atom stereocenters. The average molecular weight is 248 g/mol. The first-order valence-electron chi connectivity index (χ1n) is 6.64. The lowest BCUT2D eigenvalue weighted by Gasteiger charge is -2.20. The van der Waals surface area contributed by atoms with Crippen molar-refractivity contribution >= 4 is 5.78 Å². The molecule has 0 amide bonds. The largest absolute Gasteiger partial charge is 0.486 e. The van der Waals surface area contributed by atoms with Crippen LogP contribution in [0.3, 0.4) is 0 Å². The Labute approximate surface area is 108 Å². The fourth-order valence-electron chi connectivity index (χ4n) is 2.31. The summed E-state index contributed by atoms with van der Waals surface area (Å²) in [6.45, 7) is 5.33. The lowest BCUT2D eigenvalue weighted by atomic mass is 9.95. The Morgan fingerprint density at radius 1 is 1.33 bits per heavy atom. The van der Waals surface area contributed by atoms with Crippen molar-refractivity contribution in [2.45, 2.75) is 33.1 Å². The standard InChI is InChI=1S/C15H20O3/c1-3-5-11(2)10-13(16)12-6-4-7-14-15(12)18-9-8-17-14/h4,6-7,11H,3,5,8-10H2,1-2H3. The van der Waals surface area contributed by atoms with Gasteiger partial charge in [0.25, 0.3) is 0 Å². The Hall–Kier alpha value is -1.51. The quantitative estimate of drug-likeness (QED) is 0.748. The van der Waals surface area contributed by atoms with E-state index in [1.165, 1.54) is 0 Å². The summed E-state index contributed by atoms with van der Waals surface area (Å²) in [5.74, 6) is 1.88. The van der Waals surface area contributed by atoms with Gasteiger partial charge in [0.1, 0.15) is 13.2 Å². The highest BCUT2D eigenvalue weighted by molar-refractivity contribution is 5.99. The predicted octanol–water partition coefficient (Wildman–Crippen LogP) is 3.47. The number of benzene rings is 1. The van der Waals surface area contributed by atoms with Gasteiger partial charge in [-0.1, -0.05) is 32.8 Å². The summed E-state index contributed by atoms with van der Waals surface area (Å²) in [5, 5.41) is 0. The predicted molar refractivity (Wildman–Crippen MR) is 70.5 cm³/mol. The van der Waals surface area contributed by atoms with Crippen molar-refractivity contribution in [3.05, 3.63) is 23.8 Å². The van der Waals surface area contributed by atoms with Gasteiger partial charge in [-0.2, -0.15) is 0 Å². The maximum Gasteiger partial charge on any atom is 0.172 e. The molecule has 3 heteroatoms. The molecule has 0 radical (unpaired) electrons. The molecule has 2 rings (SSSR count). The molecule has 0 saturated carbocycles. The molecule has 0 fully saturated rings. The molecule has 1 aliphatic heterocycles. The van der Waals surface area contributed by atoms with Crippen molar-refractivity contribution in [3.63, 3.8) is 0 Å². The Morgan fingerprint density at radius 3 is 2.89 bits per heavy atom. The molecular weight excluding hydrogens is 228 g/mol. The fraction of sp³-hybridized carbons (Fsp3) is 0.533. The van der Waals surface area contributed by atoms with Crippen LogP contribution in [0.2, 0.25) is 0 Å². The van der Waals surface area contributed by atoms with Gasteiger partial charge in [-0.25, -0.2) is 0 Å². The molecule has 1 aliphatic rings. The normalized spacial score (nSPS) is 15.2. The van der Waals surface area contributed by atoms with Crippen LogP contribution in [0.4, 0.5) is 0 Å². The minimum atomic E-state index is 0.151. The lowest BCUT2D eigenvalue weighted by molar-refractivity contribution is 0.0951. The maximum absolute atomic E-state index is 12.3. The number of Topliss-reactive ketones (excluding diaryl/α,β-unsaturated/α-hetero) is 1. The van der Waals surface area contributed by atoms with Crippen LogP contribution >= 0.6 is 0 Å². The van der Waals surface area contributed by atoms with Gasteiger partial charge in [-0.05, 0) is 18.1 Å². The van der Waals surface area contributed by atoms with Crippen LogP contribution in [-0.2, 0) is 0 Å². The van der Waals surface area contributed by atoms with E-state index in [9.17, 15) is 4.79 Å². The van der Waals surface area contributed by atoms with E-state index in [2.05, 4.69) is 13.8 Å². The van der Waals surface area contributed by atoms with Crippen molar-refractivity contribution in [2.75, 3.05) is 13.2 Å². The third kappa shape index (κ3) is 2.84. The summed E-state index contributed by atoms with van der Waals surface area (Å²) in [7, 11) is 0. The molecule has 1 heterocycles. The minimum Gasteiger partial charge on any atom is -0.486 e. The van der Waals surface area contributed by atoms with Crippen LogP contribution in [0.25, 0.3) is 0 Å². The number of hydrogen-bond acceptors (Lipinski definition) is 3. The number of carbonyl (C=O) groups is 1. The molecule has 0 bridgehead atoms. The fourth-order valence-corrected chi connectivity index (χ4v) is 2.31. The molecule has 18 heavy (non-hydrogen) atoms. The van der Waals surface area contributed by atoms with Crippen LogP contribution in [0.15, 0.2) is 18.2 Å². The van der Waals surface area contributed by atoms with E-state index in [0.717, 1.165) is 12.8 Å². The van der Waals surface area contributed by atoms with Crippen molar-refractivity contribution in [1.82, 2.24) is 0 Å². The Kier molecular flexibility index (Phi) is 4.24. The molecule has 3 nitrogen and oxygen atoms in total. The van der Waals surface area contributed by atoms with Gasteiger partial charge < -0.3 is 9.47 Å². The topological polar surface area (TPSA) is 35.5 Å². The first-order valence-corrected chi connectivity index (χ1v) is 6.64. The molecule has 0 saturated heterocycles. The molecule has 98 valence electrons. The monoisotopic (exact) mass is 248 g/mol. The van der Waals surface area contributed by atoms with Crippen molar-refractivity contribution in [1.29, 1.82) is 0 Å². The van der Waals surface area contributed by atoms with Gasteiger partial charge in [-0.15, -0.1) is 0 Å². The second kappa shape index (κ2) is 5.89. The third-order valence-corrected chi connectivity index (χ3v) is 3.18. The highest BCUT2D eigenvalue weighted by Gasteiger charge is 2.21. The van der Waals surface area contributed by atoms with Gasteiger partial charge in [0, 0.05) is 6.42 Å². The maximum atomic E-state index is 12.3. The summed E-state index contributed by atoms with van der Waals surface area (Å²) in [4.78, 5) is 12.3. The van der Waals surface area contributed by atoms with Crippen molar-refractivity contribution < 1.29 is 14.3 Å². The van der Waals surface area contributed by atoms with E-state index in [1.807, 2.05) is 18.2 Å². The second-order valence-corrected chi connectivity index (χ2v) is 4.85. The number of rotatable bonds is 5. The summed E-state index contributed by atoms with van der Waals surface area (Å²) in [6, 6.07) is 5.53. The van der Waals surface area contributed by atoms with E-state index >= 15 is 0 Å². The summed E-state index contributed by atoms with van der Waals surface area (Å²) < 4.78 is 11.1. The van der Waals surface area contributed by atoms with E-state index in [0.29, 0.717) is 42.6 Å². The molecule has 0 spiro atoms. The zero-order valence-electron chi connectivity index (χ0n) is 11.1. The van der Waals surface area contributed by atoms with Gasteiger partial charge in [-0.3, -0.25) is 4.79 Å². The molecule has 1 aromatic rings. The van der Waals surface area contributed by atoms with Crippen molar-refractivity contribution in [2.24, 2.45) is 5.92 Å².